The van der Waals surface area contributed by atoms with Crippen molar-refractivity contribution in [3.05, 3.63) is 70.8 Å². The lowest BCUT2D eigenvalue weighted by molar-refractivity contribution is 0.0881. The van der Waals surface area contributed by atoms with Gasteiger partial charge in [0.25, 0.3) is 0 Å². The molecule has 0 saturated heterocycles. The number of benzene rings is 2. The van der Waals surface area contributed by atoms with Gasteiger partial charge in [-0.1, -0.05) is 35.9 Å². The monoisotopic (exact) mass is 331 g/mol. The molecule has 3 rings (SSSR count). The number of hydrogen-bond acceptors (Lipinski definition) is 3. The van der Waals surface area contributed by atoms with Crippen molar-refractivity contribution in [1.29, 1.82) is 0 Å². The third-order valence-corrected chi connectivity index (χ3v) is 4.13. The SMILES string of the molecule is O[CH]c1ccc(Cc2ccc(OCCOC3CC3)cc2)c(Cl)c1. The summed E-state index contributed by atoms with van der Waals surface area (Å²) >= 11 is 6.23. The highest BCUT2D eigenvalue weighted by Crippen LogP contribution is 2.24. The van der Waals surface area contributed by atoms with Crippen molar-refractivity contribution in [2.45, 2.75) is 25.4 Å². The Morgan fingerprint density at radius 2 is 1.87 bits per heavy atom. The van der Waals surface area contributed by atoms with E-state index in [0.29, 0.717) is 29.9 Å². The summed E-state index contributed by atoms with van der Waals surface area (Å²) in [7, 11) is 0. The maximum absolute atomic E-state index is 8.99. The molecule has 1 fully saturated rings. The third kappa shape index (κ3) is 4.96. The van der Waals surface area contributed by atoms with Crippen molar-refractivity contribution in [2.24, 2.45) is 0 Å². The average molecular weight is 332 g/mol. The first-order valence-electron chi connectivity index (χ1n) is 7.84. The highest BCUT2D eigenvalue weighted by atomic mass is 35.5. The molecule has 0 unspecified atom stereocenters. The van der Waals surface area contributed by atoms with E-state index in [2.05, 4.69) is 0 Å². The second-order valence-corrected chi connectivity index (χ2v) is 6.13. The molecular weight excluding hydrogens is 312 g/mol. The van der Waals surface area contributed by atoms with Crippen LogP contribution in [0.4, 0.5) is 0 Å². The van der Waals surface area contributed by atoms with Gasteiger partial charge in [-0.15, -0.1) is 0 Å². The third-order valence-electron chi connectivity index (χ3n) is 3.77. The molecule has 2 aromatic carbocycles. The van der Waals surface area contributed by atoms with E-state index in [-0.39, 0.29) is 0 Å². The van der Waals surface area contributed by atoms with Gasteiger partial charge in [0.2, 0.25) is 0 Å². The molecule has 0 aromatic heterocycles. The quantitative estimate of drug-likeness (QED) is 0.730. The van der Waals surface area contributed by atoms with Gasteiger partial charge >= 0.3 is 0 Å². The largest absolute Gasteiger partial charge is 0.491 e. The van der Waals surface area contributed by atoms with Crippen LogP contribution in [0.2, 0.25) is 5.02 Å². The van der Waals surface area contributed by atoms with E-state index < -0.39 is 0 Å². The Kier molecular flexibility index (Phi) is 5.55. The summed E-state index contributed by atoms with van der Waals surface area (Å²) in [5, 5.41) is 9.65. The fraction of sp³-hybridized carbons (Fsp3) is 0.316. The lowest BCUT2D eigenvalue weighted by atomic mass is 10.0. The highest BCUT2D eigenvalue weighted by Gasteiger charge is 2.21. The minimum absolute atomic E-state index is 0.473. The van der Waals surface area contributed by atoms with Gasteiger partial charge in [-0.3, -0.25) is 0 Å². The molecular formula is C19H20ClO3. The van der Waals surface area contributed by atoms with Crippen LogP contribution in [0, 0.1) is 6.61 Å². The number of halogens is 1. The summed E-state index contributed by atoms with van der Waals surface area (Å²) < 4.78 is 11.2. The topological polar surface area (TPSA) is 38.7 Å². The zero-order chi connectivity index (χ0) is 16.1. The van der Waals surface area contributed by atoms with Gasteiger partial charge < -0.3 is 14.6 Å². The molecule has 1 radical (unpaired) electrons. The molecule has 1 N–H and O–H groups in total. The number of aliphatic hydroxyl groups excluding tert-OH is 1. The van der Waals surface area contributed by atoms with Crippen LogP contribution in [0.15, 0.2) is 42.5 Å². The van der Waals surface area contributed by atoms with Crippen molar-refractivity contribution < 1.29 is 14.6 Å². The molecule has 4 heteroatoms. The van der Waals surface area contributed by atoms with Crippen molar-refractivity contribution in [3.8, 4) is 5.75 Å². The van der Waals surface area contributed by atoms with E-state index in [1.807, 2.05) is 36.4 Å². The van der Waals surface area contributed by atoms with Crippen LogP contribution < -0.4 is 4.74 Å². The Bertz CT molecular complexity index is 636. The number of ether oxygens (including phenoxy) is 2. The van der Waals surface area contributed by atoms with Gasteiger partial charge in [0.15, 0.2) is 0 Å². The second kappa shape index (κ2) is 7.82. The van der Waals surface area contributed by atoms with E-state index in [9.17, 15) is 0 Å². The van der Waals surface area contributed by atoms with E-state index in [1.54, 1.807) is 6.07 Å². The van der Waals surface area contributed by atoms with Crippen LogP contribution in [0.1, 0.15) is 29.5 Å². The van der Waals surface area contributed by atoms with Gasteiger partial charge in [-0.25, -0.2) is 0 Å². The molecule has 0 heterocycles. The van der Waals surface area contributed by atoms with Gasteiger partial charge in [0, 0.05) is 5.02 Å². The predicted molar refractivity (Wildman–Crippen MR) is 90.5 cm³/mol. The van der Waals surface area contributed by atoms with Crippen LogP contribution in [0.3, 0.4) is 0 Å². The molecule has 3 nitrogen and oxygen atoms in total. The summed E-state index contributed by atoms with van der Waals surface area (Å²) in [6.45, 7) is 2.28. The van der Waals surface area contributed by atoms with Crippen molar-refractivity contribution in [2.75, 3.05) is 13.2 Å². The van der Waals surface area contributed by atoms with Crippen LogP contribution in [-0.4, -0.2) is 24.4 Å². The summed E-state index contributed by atoms with van der Waals surface area (Å²) in [5.41, 5.74) is 2.90. The predicted octanol–water partition coefficient (Wildman–Crippen LogP) is 4.37. The molecule has 0 atom stereocenters. The smallest absolute Gasteiger partial charge is 0.119 e. The number of hydrogen-bond donors (Lipinski definition) is 1. The van der Waals surface area contributed by atoms with E-state index in [1.165, 1.54) is 12.8 Å². The van der Waals surface area contributed by atoms with Gasteiger partial charge in [0.1, 0.15) is 19.0 Å². The maximum Gasteiger partial charge on any atom is 0.119 e. The van der Waals surface area contributed by atoms with Crippen LogP contribution in [-0.2, 0) is 11.2 Å². The molecule has 1 aliphatic rings. The van der Waals surface area contributed by atoms with Crippen molar-refractivity contribution in [1.82, 2.24) is 0 Å². The van der Waals surface area contributed by atoms with E-state index in [4.69, 9.17) is 26.2 Å². The molecule has 0 aliphatic heterocycles. The van der Waals surface area contributed by atoms with Gasteiger partial charge in [-0.2, -0.15) is 0 Å². The highest BCUT2D eigenvalue weighted by molar-refractivity contribution is 6.31. The van der Waals surface area contributed by atoms with Gasteiger partial charge in [-0.05, 0) is 54.2 Å². The zero-order valence-corrected chi connectivity index (χ0v) is 13.6. The first kappa shape index (κ1) is 16.3. The molecule has 0 amide bonds. The fourth-order valence-electron chi connectivity index (χ4n) is 2.32. The molecule has 1 aliphatic carbocycles. The van der Waals surface area contributed by atoms with Crippen molar-refractivity contribution >= 4 is 11.6 Å². The lowest BCUT2D eigenvalue weighted by Gasteiger charge is -2.09. The number of rotatable bonds is 8. The first-order valence-corrected chi connectivity index (χ1v) is 8.21. The lowest BCUT2D eigenvalue weighted by Crippen LogP contribution is -2.07. The molecule has 121 valence electrons. The molecule has 1 saturated carbocycles. The Morgan fingerprint density at radius 1 is 1.09 bits per heavy atom. The Morgan fingerprint density at radius 3 is 2.52 bits per heavy atom. The van der Waals surface area contributed by atoms with Crippen molar-refractivity contribution in [3.63, 3.8) is 0 Å². The van der Waals surface area contributed by atoms with Gasteiger partial charge in [0.05, 0.1) is 12.7 Å². The Hall–Kier alpha value is -1.55. The minimum Gasteiger partial charge on any atom is -0.491 e. The standard InChI is InChI=1S/C19H20ClO3/c20-19-12-15(13-21)1-4-16(19)11-14-2-5-17(6-3-14)22-9-10-23-18-7-8-18/h1-6,12-13,18,21H,7-11H2. The molecule has 23 heavy (non-hydrogen) atoms. The van der Waals surface area contributed by atoms with Crippen LogP contribution in [0.25, 0.3) is 0 Å². The molecule has 0 bridgehead atoms. The van der Waals surface area contributed by atoms with Crippen LogP contribution in [0.5, 0.6) is 5.75 Å². The molecule has 2 aromatic rings. The van der Waals surface area contributed by atoms with E-state index in [0.717, 1.165) is 29.9 Å². The average Bonchev–Trinajstić information content (AvgIpc) is 3.39. The summed E-state index contributed by atoms with van der Waals surface area (Å²) in [5.74, 6) is 0.851. The normalized spacial score (nSPS) is 14.0. The molecule has 0 spiro atoms. The van der Waals surface area contributed by atoms with E-state index >= 15 is 0 Å². The fourth-order valence-corrected chi connectivity index (χ4v) is 2.58. The second-order valence-electron chi connectivity index (χ2n) is 5.72. The minimum atomic E-state index is 0.473. The van der Waals surface area contributed by atoms with Crippen LogP contribution >= 0.6 is 11.6 Å². The Labute approximate surface area is 141 Å². The Balaban J connectivity index is 1.52. The number of aliphatic hydroxyl groups is 1. The summed E-state index contributed by atoms with van der Waals surface area (Å²) in [4.78, 5) is 0. The zero-order valence-electron chi connectivity index (χ0n) is 12.9. The summed E-state index contributed by atoms with van der Waals surface area (Å²) in [6, 6.07) is 13.6. The summed E-state index contributed by atoms with van der Waals surface area (Å²) in [6.07, 6.45) is 3.60. The maximum atomic E-state index is 8.99. The first-order chi connectivity index (χ1) is 11.2.